The molecule has 0 spiro atoms. The molecule has 8 N–H and O–H groups in total. The van der Waals surface area contributed by atoms with Gasteiger partial charge in [-0.25, -0.2) is 38.4 Å². The first-order valence-electron chi connectivity index (χ1n) is 15.1. The third-order valence-corrected chi connectivity index (χ3v) is 8.86. The summed E-state index contributed by atoms with van der Waals surface area (Å²) in [6, 6.07) is 18.5. The number of carboxylic acid groups (broad SMARTS) is 8. The Morgan fingerprint density at radius 1 is 0.278 bits per heavy atom. The summed E-state index contributed by atoms with van der Waals surface area (Å²) in [7, 11) is 0. The lowest BCUT2D eigenvalue weighted by Gasteiger charge is -2.20. The van der Waals surface area contributed by atoms with Crippen LogP contribution in [0.2, 0.25) is 0 Å². The second-order valence-electron chi connectivity index (χ2n) is 11.6. The molecule has 0 amide bonds. The first-order chi connectivity index (χ1) is 25.5. The van der Waals surface area contributed by atoms with E-state index in [0.29, 0.717) is 21.5 Å². The van der Waals surface area contributed by atoms with Crippen molar-refractivity contribution in [2.24, 2.45) is 0 Å². The fraction of sp³-hybridized carbons (Fsp3) is 0. The van der Waals surface area contributed by atoms with Crippen LogP contribution in [0.5, 0.6) is 0 Å². The van der Waals surface area contributed by atoms with E-state index in [1.807, 2.05) is 12.1 Å². The Bertz CT molecular complexity index is 2830. The van der Waals surface area contributed by atoms with E-state index in [0.717, 1.165) is 5.39 Å². The van der Waals surface area contributed by atoms with E-state index < -0.39 is 92.3 Å². The lowest BCUT2D eigenvalue weighted by atomic mass is 9.81. The Kier molecular flexibility index (Phi) is 8.51. The molecule has 0 aliphatic carbocycles. The number of benzene rings is 7. The van der Waals surface area contributed by atoms with E-state index in [2.05, 4.69) is 0 Å². The van der Waals surface area contributed by atoms with E-state index >= 15 is 0 Å². The maximum Gasteiger partial charge on any atom is 0.337 e. The molecule has 7 rings (SSSR count). The van der Waals surface area contributed by atoms with Crippen molar-refractivity contribution in [1.29, 1.82) is 0 Å². The first-order valence-corrected chi connectivity index (χ1v) is 15.1. The molecule has 0 unspecified atom stereocenters. The molecule has 0 fully saturated rings. The van der Waals surface area contributed by atoms with Crippen LogP contribution in [-0.2, 0) is 0 Å². The zero-order valence-corrected chi connectivity index (χ0v) is 26.8. The van der Waals surface area contributed by atoms with Crippen LogP contribution in [0.4, 0.5) is 0 Å². The van der Waals surface area contributed by atoms with Gasteiger partial charge in [0.25, 0.3) is 0 Å². The van der Waals surface area contributed by atoms with Gasteiger partial charge < -0.3 is 40.9 Å². The van der Waals surface area contributed by atoms with Gasteiger partial charge in [-0.15, -0.1) is 0 Å². The maximum absolute atomic E-state index is 12.3. The molecule has 0 saturated heterocycles. The predicted molar refractivity (Wildman–Crippen MR) is 187 cm³/mol. The van der Waals surface area contributed by atoms with Crippen molar-refractivity contribution < 1.29 is 79.2 Å². The highest BCUT2D eigenvalue weighted by Gasteiger charge is 2.35. The largest absolute Gasteiger partial charge is 0.478 e. The summed E-state index contributed by atoms with van der Waals surface area (Å²) in [5.74, 6) is -13.6. The molecule has 0 saturated carbocycles. The lowest BCUT2D eigenvalue weighted by Crippen LogP contribution is -2.20. The molecule has 7 aromatic rings. The molecular weight excluding hydrogens is 712 g/mol. The first kappa shape index (κ1) is 35.7. The number of fused-ring (bicyclic) bond motifs is 3. The van der Waals surface area contributed by atoms with Crippen LogP contribution in [-0.4, -0.2) is 88.6 Å². The van der Waals surface area contributed by atoms with E-state index in [4.69, 9.17) is 0 Å². The van der Waals surface area contributed by atoms with Gasteiger partial charge in [-0.2, -0.15) is 0 Å². The van der Waals surface area contributed by atoms with Crippen LogP contribution in [0, 0.1) is 0 Å². The van der Waals surface area contributed by atoms with Gasteiger partial charge in [-0.05, 0) is 43.8 Å². The second-order valence-corrected chi connectivity index (χ2v) is 11.6. The van der Waals surface area contributed by atoms with Crippen LogP contribution < -0.4 is 0 Å². The molecule has 0 bridgehead atoms. The monoisotopic (exact) mass is 732 g/mol. The number of rotatable bonds is 8. The number of hydrogen-bond donors (Lipinski definition) is 8. The lowest BCUT2D eigenvalue weighted by molar-refractivity contribution is 0.0621. The number of carbonyl (C=O) groups is 8. The zero-order valence-electron chi connectivity index (χ0n) is 26.8. The summed E-state index contributed by atoms with van der Waals surface area (Å²) in [6.45, 7) is 0. The quantitative estimate of drug-likeness (QED) is 0.0640. The predicted octanol–water partition coefficient (Wildman–Crippen LogP) is 6.16. The molecule has 16 heteroatoms. The summed E-state index contributed by atoms with van der Waals surface area (Å²) in [6.07, 6.45) is 0. The van der Waals surface area contributed by atoms with Crippen LogP contribution >= 0.6 is 0 Å². The van der Waals surface area contributed by atoms with Gasteiger partial charge in [0.15, 0.2) is 0 Å². The Labute approximate surface area is 297 Å². The fourth-order valence-corrected chi connectivity index (χ4v) is 7.02. The van der Waals surface area contributed by atoms with Crippen molar-refractivity contribution >= 4 is 102 Å². The minimum absolute atomic E-state index is 0.00250. The van der Waals surface area contributed by atoms with Crippen LogP contribution in [0.1, 0.15) is 82.9 Å². The molecule has 268 valence electrons. The highest BCUT2D eigenvalue weighted by Crippen LogP contribution is 2.45. The summed E-state index contributed by atoms with van der Waals surface area (Å²) >= 11 is 0. The normalized spacial score (nSPS) is 11.0. The molecule has 0 aromatic heterocycles. The highest BCUT2D eigenvalue weighted by molar-refractivity contribution is 6.40. The van der Waals surface area contributed by atoms with Crippen LogP contribution in [0.15, 0.2) is 72.8 Å². The van der Waals surface area contributed by atoms with Gasteiger partial charge in [0, 0.05) is 16.2 Å². The van der Waals surface area contributed by atoms with Gasteiger partial charge >= 0.3 is 47.8 Å². The van der Waals surface area contributed by atoms with E-state index in [1.54, 1.807) is 24.3 Å². The standard InChI is InChI=1S/C24H12O8.C14H8O8/c25-21(26)13-8-7-11-10-5-1-3-9-4-2-6-12(14(9)10)16-15(11)17(13)19(23(29)30)20(24(31)32)18(16)22(27)28;15-11(16)7-5-3-1-2-4-6(5)8(12(17)18)10(14(21)22)9(7)13(19)20/h1-8H,(H,25,26)(H,27,28)(H,29,30)(H,31,32);1-4H,(H,15,16)(H,17,18)(H,19,20)(H,21,22). The van der Waals surface area contributed by atoms with Crippen molar-refractivity contribution in [3.63, 3.8) is 0 Å². The molecule has 7 aromatic carbocycles. The average Bonchev–Trinajstić information content (AvgIpc) is 3.11. The smallest absolute Gasteiger partial charge is 0.337 e. The summed E-state index contributed by atoms with van der Waals surface area (Å²) in [5.41, 5.74) is -6.56. The van der Waals surface area contributed by atoms with E-state index in [-0.39, 0.29) is 26.9 Å². The summed E-state index contributed by atoms with van der Waals surface area (Å²) < 4.78 is 0. The molecule has 0 heterocycles. The van der Waals surface area contributed by atoms with E-state index in [1.165, 1.54) is 36.4 Å². The van der Waals surface area contributed by atoms with Crippen molar-refractivity contribution in [2.45, 2.75) is 0 Å². The van der Waals surface area contributed by atoms with Crippen LogP contribution in [0.3, 0.4) is 0 Å². The topological polar surface area (TPSA) is 298 Å². The van der Waals surface area contributed by atoms with Crippen molar-refractivity contribution in [3.05, 3.63) is 117 Å². The SMILES string of the molecule is O=C(O)c1c(C(=O)O)c(C(=O)O)c2ccccc2c1C(=O)O.O=C(O)c1c(C(=O)O)c2c(C(=O)O)ccc3c4cccc5cccc(c(c1C(=O)O)c23)c54. The van der Waals surface area contributed by atoms with Gasteiger partial charge in [0.05, 0.1) is 44.5 Å². The summed E-state index contributed by atoms with van der Waals surface area (Å²) in [5, 5.41) is 78.8. The minimum Gasteiger partial charge on any atom is -0.478 e. The number of hydrogen-bond acceptors (Lipinski definition) is 8. The second kappa shape index (κ2) is 12.9. The molecular formula is C38H20O16. The van der Waals surface area contributed by atoms with Crippen molar-refractivity contribution in [1.82, 2.24) is 0 Å². The Hall–Kier alpha value is -8.14. The molecule has 54 heavy (non-hydrogen) atoms. The molecule has 0 atom stereocenters. The fourth-order valence-electron chi connectivity index (χ4n) is 7.02. The van der Waals surface area contributed by atoms with E-state index in [9.17, 15) is 79.2 Å². The van der Waals surface area contributed by atoms with Crippen molar-refractivity contribution in [3.8, 4) is 0 Å². The molecule has 0 aliphatic rings. The number of aromatic carboxylic acids is 8. The molecule has 0 aliphatic heterocycles. The number of carboxylic acids is 8. The van der Waals surface area contributed by atoms with Gasteiger partial charge in [0.1, 0.15) is 0 Å². The van der Waals surface area contributed by atoms with Crippen LogP contribution in [0.25, 0.3) is 53.9 Å². The third kappa shape index (κ3) is 5.25. The average molecular weight is 733 g/mol. The Morgan fingerprint density at radius 2 is 0.648 bits per heavy atom. The minimum atomic E-state index is -1.83. The maximum atomic E-state index is 12.3. The molecule has 0 radical (unpaired) electrons. The Morgan fingerprint density at radius 3 is 1.07 bits per heavy atom. The molecule has 16 nitrogen and oxygen atoms in total. The third-order valence-electron chi connectivity index (χ3n) is 8.86. The van der Waals surface area contributed by atoms with Crippen molar-refractivity contribution in [2.75, 3.05) is 0 Å². The Balaban J connectivity index is 0.000000199. The van der Waals surface area contributed by atoms with Gasteiger partial charge in [-0.1, -0.05) is 66.7 Å². The van der Waals surface area contributed by atoms with Gasteiger partial charge in [0.2, 0.25) is 0 Å². The summed E-state index contributed by atoms with van der Waals surface area (Å²) in [4.78, 5) is 94.2. The highest BCUT2D eigenvalue weighted by atomic mass is 16.4. The zero-order chi connectivity index (χ0) is 39.5. The van der Waals surface area contributed by atoms with Gasteiger partial charge in [-0.3, -0.25) is 0 Å².